The van der Waals surface area contributed by atoms with Gasteiger partial charge in [-0.15, -0.1) is 0 Å². The molecule has 1 aromatic heterocycles. The lowest BCUT2D eigenvalue weighted by Crippen LogP contribution is -1.95. The van der Waals surface area contributed by atoms with E-state index < -0.39 is 0 Å². The van der Waals surface area contributed by atoms with Gasteiger partial charge in [0.1, 0.15) is 11.6 Å². The zero-order valence-electron chi connectivity index (χ0n) is 8.97. The highest BCUT2D eigenvalue weighted by Gasteiger charge is 2.03. The number of pyridine rings is 1. The second-order valence-corrected chi connectivity index (χ2v) is 5.23. The van der Waals surface area contributed by atoms with Gasteiger partial charge in [-0.25, -0.2) is 9.37 Å². The van der Waals surface area contributed by atoms with Crippen LogP contribution in [0.15, 0.2) is 39.3 Å². The van der Waals surface area contributed by atoms with E-state index in [0.717, 1.165) is 10.2 Å². The van der Waals surface area contributed by atoms with E-state index in [1.54, 1.807) is 12.1 Å². The van der Waals surface area contributed by atoms with Gasteiger partial charge in [-0.05, 0) is 69.1 Å². The Labute approximate surface area is 116 Å². The third kappa shape index (κ3) is 3.04. The number of aromatic nitrogens is 1. The molecule has 2 nitrogen and oxygen atoms in total. The van der Waals surface area contributed by atoms with E-state index in [9.17, 15) is 4.39 Å². The molecule has 1 aromatic carbocycles. The number of halogens is 3. The van der Waals surface area contributed by atoms with Crippen molar-refractivity contribution in [2.75, 3.05) is 5.32 Å². The molecule has 0 amide bonds. The first-order valence-corrected chi connectivity index (χ1v) is 6.50. The summed E-state index contributed by atoms with van der Waals surface area (Å²) in [6.45, 7) is 1.90. The Kier molecular flexibility index (Phi) is 3.79. The second-order valence-electron chi connectivity index (χ2n) is 3.52. The number of hydrogen-bond donors (Lipinski definition) is 1. The minimum absolute atomic E-state index is 0.302. The summed E-state index contributed by atoms with van der Waals surface area (Å²) in [7, 11) is 0. The Balaban J connectivity index is 2.25. The molecule has 0 aliphatic rings. The van der Waals surface area contributed by atoms with Crippen LogP contribution in [0.3, 0.4) is 0 Å². The van der Waals surface area contributed by atoms with Gasteiger partial charge in [0.15, 0.2) is 0 Å². The number of nitrogens with zero attached hydrogens (tertiary/aromatic N) is 1. The molecule has 2 aromatic rings. The Morgan fingerprint density at radius 2 is 1.82 bits per heavy atom. The summed E-state index contributed by atoms with van der Waals surface area (Å²) in [4.78, 5) is 4.33. The van der Waals surface area contributed by atoms with Gasteiger partial charge >= 0.3 is 0 Å². The van der Waals surface area contributed by atoms with E-state index in [1.807, 2.05) is 19.1 Å². The van der Waals surface area contributed by atoms with Crippen LogP contribution in [-0.2, 0) is 0 Å². The first-order valence-electron chi connectivity index (χ1n) is 4.91. The number of aryl methyl sites for hydroxylation is 1. The Hall–Kier alpha value is -0.940. The Morgan fingerprint density at radius 3 is 2.47 bits per heavy atom. The summed E-state index contributed by atoms with van der Waals surface area (Å²) in [5, 5.41) is 3.05. The fourth-order valence-electron chi connectivity index (χ4n) is 1.34. The first-order chi connectivity index (χ1) is 8.06. The van der Waals surface area contributed by atoms with E-state index in [0.29, 0.717) is 16.0 Å². The van der Waals surface area contributed by atoms with Crippen LogP contribution in [-0.4, -0.2) is 4.98 Å². The van der Waals surface area contributed by atoms with Gasteiger partial charge in [0.05, 0.1) is 10.2 Å². The topological polar surface area (TPSA) is 24.9 Å². The quantitative estimate of drug-likeness (QED) is 0.833. The van der Waals surface area contributed by atoms with Crippen molar-refractivity contribution in [3.63, 3.8) is 0 Å². The van der Waals surface area contributed by atoms with Crippen LogP contribution < -0.4 is 5.32 Å². The lowest BCUT2D eigenvalue weighted by Gasteiger charge is -2.07. The molecule has 1 heterocycles. The largest absolute Gasteiger partial charge is 0.340 e. The van der Waals surface area contributed by atoms with E-state index in [4.69, 9.17) is 0 Å². The van der Waals surface area contributed by atoms with Crippen molar-refractivity contribution in [3.8, 4) is 0 Å². The predicted octanol–water partition coefficient (Wildman–Crippen LogP) is 4.80. The highest BCUT2D eigenvalue weighted by molar-refractivity contribution is 9.10. The molecule has 0 radical (unpaired) electrons. The summed E-state index contributed by atoms with van der Waals surface area (Å²) in [5.41, 5.74) is 1.55. The standard InChI is InChI=1S/C12H9Br2FN2/c1-7-9(13)4-5-12(16-7)17-8-2-3-10(14)11(15)6-8/h2-6H,1H3,(H,16,17). The van der Waals surface area contributed by atoms with Crippen molar-refractivity contribution in [3.05, 3.63) is 50.8 Å². The minimum atomic E-state index is -0.302. The molecule has 1 N–H and O–H groups in total. The van der Waals surface area contributed by atoms with Crippen molar-refractivity contribution in [2.24, 2.45) is 0 Å². The zero-order valence-corrected chi connectivity index (χ0v) is 12.1. The summed E-state index contributed by atoms with van der Waals surface area (Å²) in [6.07, 6.45) is 0. The van der Waals surface area contributed by atoms with Crippen LogP contribution >= 0.6 is 31.9 Å². The molecule has 0 saturated heterocycles. The van der Waals surface area contributed by atoms with Crippen molar-refractivity contribution < 1.29 is 4.39 Å². The van der Waals surface area contributed by atoms with Crippen LogP contribution in [0.1, 0.15) is 5.69 Å². The van der Waals surface area contributed by atoms with Crippen LogP contribution in [0.5, 0.6) is 0 Å². The van der Waals surface area contributed by atoms with Crippen LogP contribution in [0.25, 0.3) is 0 Å². The lowest BCUT2D eigenvalue weighted by atomic mass is 10.3. The highest BCUT2D eigenvalue weighted by Crippen LogP contribution is 2.23. The number of nitrogens with one attached hydrogen (secondary N) is 1. The smallest absolute Gasteiger partial charge is 0.139 e. The average Bonchev–Trinajstić information content (AvgIpc) is 2.29. The van der Waals surface area contributed by atoms with Gasteiger partial charge in [0.25, 0.3) is 0 Å². The molecule has 0 aliphatic carbocycles. The molecule has 0 atom stereocenters. The predicted molar refractivity (Wildman–Crippen MR) is 74.1 cm³/mol. The van der Waals surface area contributed by atoms with Crippen molar-refractivity contribution in [1.29, 1.82) is 0 Å². The third-order valence-electron chi connectivity index (χ3n) is 2.21. The molecule has 5 heteroatoms. The van der Waals surface area contributed by atoms with E-state index in [-0.39, 0.29) is 5.82 Å². The van der Waals surface area contributed by atoms with Gasteiger partial charge in [0.2, 0.25) is 0 Å². The number of hydrogen-bond acceptors (Lipinski definition) is 2. The van der Waals surface area contributed by atoms with Crippen molar-refractivity contribution in [2.45, 2.75) is 6.92 Å². The molecule has 17 heavy (non-hydrogen) atoms. The van der Waals surface area contributed by atoms with Crippen LogP contribution in [0.2, 0.25) is 0 Å². The fraction of sp³-hybridized carbons (Fsp3) is 0.0833. The van der Waals surface area contributed by atoms with Crippen LogP contribution in [0.4, 0.5) is 15.9 Å². The molecule has 0 aliphatic heterocycles. The molecule has 0 saturated carbocycles. The molecule has 0 unspecified atom stereocenters. The first kappa shape index (κ1) is 12.5. The van der Waals surface area contributed by atoms with Gasteiger partial charge in [-0.2, -0.15) is 0 Å². The lowest BCUT2D eigenvalue weighted by molar-refractivity contribution is 0.622. The monoisotopic (exact) mass is 358 g/mol. The highest BCUT2D eigenvalue weighted by atomic mass is 79.9. The fourth-order valence-corrected chi connectivity index (χ4v) is 1.80. The molecule has 0 spiro atoms. The molecule has 0 fully saturated rings. The Bertz CT molecular complexity index is 509. The number of anilines is 2. The minimum Gasteiger partial charge on any atom is -0.340 e. The van der Waals surface area contributed by atoms with Crippen molar-refractivity contribution >= 4 is 43.4 Å². The SMILES string of the molecule is Cc1nc(Nc2ccc(Br)c(F)c2)ccc1Br. The number of benzene rings is 1. The summed E-state index contributed by atoms with van der Waals surface area (Å²) in [6, 6.07) is 8.59. The second kappa shape index (κ2) is 5.14. The normalized spacial score (nSPS) is 10.4. The summed E-state index contributed by atoms with van der Waals surface area (Å²) in [5.74, 6) is 0.385. The molecule has 2 rings (SSSR count). The average molecular weight is 360 g/mol. The molecule has 0 bridgehead atoms. The van der Waals surface area contributed by atoms with Crippen molar-refractivity contribution in [1.82, 2.24) is 4.98 Å². The van der Waals surface area contributed by atoms with Gasteiger partial charge in [-0.1, -0.05) is 0 Å². The maximum atomic E-state index is 13.3. The number of rotatable bonds is 2. The van der Waals surface area contributed by atoms with Gasteiger partial charge in [0, 0.05) is 10.2 Å². The van der Waals surface area contributed by atoms with Crippen LogP contribution in [0, 0.1) is 12.7 Å². The maximum absolute atomic E-state index is 13.3. The van der Waals surface area contributed by atoms with E-state index in [2.05, 4.69) is 42.2 Å². The van der Waals surface area contributed by atoms with Gasteiger partial charge in [-0.3, -0.25) is 0 Å². The third-order valence-corrected chi connectivity index (χ3v) is 3.69. The van der Waals surface area contributed by atoms with E-state index in [1.165, 1.54) is 6.07 Å². The maximum Gasteiger partial charge on any atom is 0.139 e. The molecule has 88 valence electrons. The zero-order chi connectivity index (χ0) is 12.4. The summed E-state index contributed by atoms with van der Waals surface area (Å²) >= 11 is 6.49. The molecular weight excluding hydrogens is 351 g/mol. The van der Waals surface area contributed by atoms with E-state index >= 15 is 0 Å². The summed E-state index contributed by atoms with van der Waals surface area (Å²) < 4.78 is 14.7. The molecular formula is C12H9Br2FN2. The van der Waals surface area contributed by atoms with Gasteiger partial charge < -0.3 is 5.32 Å². The Morgan fingerprint density at radius 1 is 1.12 bits per heavy atom.